The number of anilines is 1. The van der Waals surface area contributed by atoms with Crippen molar-refractivity contribution in [3.8, 4) is 5.75 Å². The van der Waals surface area contributed by atoms with Gasteiger partial charge in [-0.2, -0.15) is 0 Å². The Hall–Kier alpha value is -2.12. The first-order chi connectivity index (χ1) is 14.7. The van der Waals surface area contributed by atoms with Crippen LogP contribution in [0.4, 0.5) is 5.69 Å². The number of rotatable bonds is 13. The molecule has 7 heteroatoms. The summed E-state index contributed by atoms with van der Waals surface area (Å²) in [6.45, 7) is 5.66. The Morgan fingerprint density at radius 1 is 0.867 bits per heavy atom. The topological polar surface area (TPSA) is 84.2 Å². The molecule has 0 unspecified atom stereocenters. The normalized spacial score (nSPS) is 11.3. The lowest BCUT2D eigenvalue weighted by Crippen LogP contribution is -2.25. The average Bonchev–Trinajstić information content (AvgIpc) is 2.76. The first kappa shape index (κ1) is 22.6. The summed E-state index contributed by atoms with van der Waals surface area (Å²) in [6, 6.07) is 11.8. The number of benzene rings is 2. The second-order valence-corrected chi connectivity index (χ2v) is 7.74. The molecule has 0 aliphatic heterocycles. The SMILES string of the molecule is COc1ccc2nc3cc(Cl)ccc3c(NCCCNCCCNCCCN)c2c1. The van der Waals surface area contributed by atoms with Crippen LogP contribution < -0.4 is 26.4 Å². The van der Waals surface area contributed by atoms with Crippen molar-refractivity contribution in [2.45, 2.75) is 19.3 Å². The van der Waals surface area contributed by atoms with Gasteiger partial charge < -0.3 is 26.4 Å². The van der Waals surface area contributed by atoms with Crippen LogP contribution in [0.2, 0.25) is 5.02 Å². The van der Waals surface area contributed by atoms with Gasteiger partial charge in [0, 0.05) is 22.3 Å². The molecule has 0 spiro atoms. The molecule has 0 saturated heterocycles. The molecule has 2 aromatic carbocycles. The molecule has 0 bridgehead atoms. The van der Waals surface area contributed by atoms with E-state index in [-0.39, 0.29) is 0 Å². The smallest absolute Gasteiger partial charge is 0.119 e. The van der Waals surface area contributed by atoms with E-state index < -0.39 is 0 Å². The number of nitrogens with two attached hydrogens (primary N) is 1. The van der Waals surface area contributed by atoms with Crippen LogP contribution >= 0.6 is 11.6 Å². The number of aromatic nitrogens is 1. The summed E-state index contributed by atoms with van der Waals surface area (Å²) in [5.74, 6) is 0.822. The lowest BCUT2D eigenvalue weighted by Gasteiger charge is -2.14. The van der Waals surface area contributed by atoms with Crippen molar-refractivity contribution in [2.75, 3.05) is 51.7 Å². The number of fused-ring (bicyclic) bond motifs is 2. The highest BCUT2D eigenvalue weighted by Gasteiger charge is 2.10. The van der Waals surface area contributed by atoms with E-state index in [1.807, 2.05) is 36.4 Å². The number of pyridine rings is 1. The van der Waals surface area contributed by atoms with Gasteiger partial charge in [-0.05, 0) is 88.4 Å². The Bertz CT molecular complexity index is 950. The quantitative estimate of drug-likeness (QED) is 0.244. The van der Waals surface area contributed by atoms with Gasteiger partial charge in [0.05, 0.1) is 23.8 Å². The molecule has 6 nitrogen and oxygen atoms in total. The number of hydrogen-bond acceptors (Lipinski definition) is 6. The van der Waals surface area contributed by atoms with E-state index in [1.54, 1.807) is 7.11 Å². The number of halogens is 1. The maximum Gasteiger partial charge on any atom is 0.119 e. The molecule has 0 fully saturated rings. The van der Waals surface area contributed by atoms with Crippen molar-refractivity contribution >= 4 is 39.1 Å². The maximum absolute atomic E-state index is 6.19. The first-order valence-corrected chi connectivity index (χ1v) is 11.0. The fourth-order valence-electron chi connectivity index (χ4n) is 3.46. The van der Waals surface area contributed by atoms with E-state index in [2.05, 4.69) is 16.0 Å². The van der Waals surface area contributed by atoms with E-state index >= 15 is 0 Å². The zero-order valence-electron chi connectivity index (χ0n) is 17.6. The summed E-state index contributed by atoms with van der Waals surface area (Å²) in [5.41, 5.74) is 8.38. The molecule has 0 saturated carbocycles. The average molecular weight is 430 g/mol. The van der Waals surface area contributed by atoms with Crippen LogP contribution in [-0.4, -0.2) is 51.4 Å². The lowest BCUT2D eigenvalue weighted by molar-refractivity contribution is 0.415. The van der Waals surface area contributed by atoms with Crippen molar-refractivity contribution < 1.29 is 4.74 Å². The summed E-state index contributed by atoms with van der Waals surface area (Å²) >= 11 is 6.19. The minimum atomic E-state index is 0.690. The van der Waals surface area contributed by atoms with Crippen LogP contribution in [-0.2, 0) is 0 Å². The van der Waals surface area contributed by atoms with E-state index in [1.165, 1.54) is 0 Å². The molecule has 0 atom stereocenters. The summed E-state index contributed by atoms with van der Waals surface area (Å²) < 4.78 is 5.42. The largest absolute Gasteiger partial charge is 0.497 e. The van der Waals surface area contributed by atoms with Crippen molar-refractivity contribution in [1.82, 2.24) is 15.6 Å². The molecule has 3 rings (SSSR count). The minimum absolute atomic E-state index is 0.690. The maximum atomic E-state index is 6.19. The number of hydrogen-bond donors (Lipinski definition) is 4. The molecule has 0 amide bonds. The van der Waals surface area contributed by atoms with Gasteiger partial charge in [-0.25, -0.2) is 4.98 Å². The molecule has 0 aliphatic carbocycles. The van der Waals surface area contributed by atoms with Crippen molar-refractivity contribution in [3.05, 3.63) is 41.4 Å². The molecule has 162 valence electrons. The molecule has 0 aliphatic rings. The van der Waals surface area contributed by atoms with Gasteiger partial charge in [-0.3, -0.25) is 0 Å². The van der Waals surface area contributed by atoms with E-state index in [4.69, 9.17) is 27.1 Å². The zero-order chi connectivity index (χ0) is 21.2. The molecule has 30 heavy (non-hydrogen) atoms. The molecule has 1 heterocycles. The van der Waals surface area contributed by atoms with Gasteiger partial charge in [0.15, 0.2) is 0 Å². The predicted molar refractivity (Wildman–Crippen MR) is 128 cm³/mol. The Labute approximate surface area is 183 Å². The summed E-state index contributed by atoms with van der Waals surface area (Å²) in [6.07, 6.45) is 3.19. The molecular weight excluding hydrogens is 398 g/mol. The van der Waals surface area contributed by atoms with Gasteiger partial charge >= 0.3 is 0 Å². The third kappa shape index (κ3) is 6.19. The second-order valence-electron chi connectivity index (χ2n) is 7.31. The Morgan fingerprint density at radius 2 is 1.60 bits per heavy atom. The minimum Gasteiger partial charge on any atom is -0.497 e. The van der Waals surface area contributed by atoms with Crippen LogP contribution in [0.25, 0.3) is 21.8 Å². The fraction of sp³-hybridized carbons (Fsp3) is 0.435. The predicted octanol–water partition coefficient (Wildman–Crippen LogP) is 3.77. The van der Waals surface area contributed by atoms with Gasteiger partial charge in [-0.1, -0.05) is 11.6 Å². The lowest BCUT2D eigenvalue weighted by atomic mass is 10.1. The Morgan fingerprint density at radius 3 is 2.33 bits per heavy atom. The standard InChI is InChI=1S/C23H32ClN5O/c1-30-18-6-8-21-20(16-18)23(19-7-5-17(24)15-22(19)29-21)28-14-4-13-27-12-3-11-26-10-2-9-25/h5-8,15-16,26-27H,2-4,9-14,25H2,1H3,(H,28,29). The summed E-state index contributed by atoms with van der Waals surface area (Å²) in [5, 5.41) is 13.3. The molecule has 3 aromatic rings. The van der Waals surface area contributed by atoms with Gasteiger partial charge in [-0.15, -0.1) is 0 Å². The van der Waals surface area contributed by atoms with Gasteiger partial charge in [0.25, 0.3) is 0 Å². The van der Waals surface area contributed by atoms with Crippen molar-refractivity contribution in [3.63, 3.8) is 0 Å². The molecule has 1 aromatic heterocycles. The zero-order valence-corrected chi connectivity index (χ0v) is 18.4. The second kappa shape index (κ2) is 11.9. The number of methoxy groups -OCH3 is 1. The van der Waals surface area contributed by atoms with Crippen molar-refractivity contribution in [1.29, 1.82) is 0 Å². The van der Waals surface area contributed by atoms with E-state index in [9.17, 15) is 0 Å². The van der Waals surface area contributed by atoms with Crippen LogP contribution in [0.1, 0.15) is 19.3 Å². The monoisotopic (exact) mass is 429 g/mol. The van der Waals surface area contributed by atoms with Crippen molar-refractivity contribution in [2.24, 2.45) is 5.73 Å². The molecule has 5 N–H and O–H groups in total. The third-order valence-corrected chi connectivity index (χ3v) is 5.28. The number of nitrogens with one attached hydrogen (secondary N) is 3. The third-order valence-electron chi connectivity index (χ3n) is 5.04. The highest BCUT2D eigenvalue weighted by Crippen LogP contribution is 2.34. The fourth-order valence-corrected chi connectivity index (χ4v) is 3.62. The highest BCUT2D eigenvalue weighted by atomic mass is 35.5. The highest BCUT2D eigenvalue weighted by molar-refractivity contribution is 6.31. The van der Waals surface area contributed by atoms with Crippen LogP contribution in [0, 0.1) is 0 Å². The first-order valence-electron chi connectivity index (χ1n) is 10.7. The number of nitrogens with zero attached hydrogens (tertiary/aromatic N) is 1. The summed E-state index contributed by atoms with van der Waals surface area (Å²) in [4.78, 5) is 4.77. The molecular formula is C23H32ClN5O. The molecule has 0 radical (unpaired) electrons. The number of ether oxygens (including phenoxy) is 1. The van der Waals surface area contributed by atoms with E-state index in [0.29, 0.717) is 5.02 Å². The van der Waals surface area contributed by atoms with Crippen LogP contribution in [0.3, 0.4) is 0 Å². The van der Waals surface area contributed by atoms with Gasteiger partial charge in [0.1, 0.15) is 5.75 Å². The van der Waals surface area contributed by atoms with Crippen LogP contribution in [0.5, 0.6) is 5.75 Å². The summed E-state index contributed by atoms with van der Waals surface area (Å²) in [7, 11) is 1.68. The van der Waals surface area contributed by atoms with E-state index in [0.717, 1.165) is 91.8 Å². The van der Waals surface area contributed by atoms with Gasteiger partial charge in [0.2, 0.25) is 0 Å². The Kier molecular flexibility index (Phi) is 8.96. The Balaban J connectivity index is 1.57. The van der Waals surface area contributed by atoms with Crippen LogP contribution in [0.15, 0.2) is 36.4 Å².